The van der Waals surface area contributed by atoms with Crippen molar-refractivity contribution >= 4 is 54.4 Å². The fraction of sp³-hybridized carbons (Fsp3) is 0. The minimum atomic E-state index is 0.620. The number of para-hydroxylation sites is 3. The van der Waals surface area contributed by atoms with Crippen LogP contribution in [0.1, 0.15) is 0 Å². The Bertz CT molecular complexity index is 3600. The Labute approximate surface area is 346 Å². The second kappa shape index (κ2) is 13.8. The molecule has 0 radical (unpaired) electrons. The zero-order valence-corrected chi connectivity index (χ0v) is 32.4. The highest BCUT2D eigenvalue weighted by molar-refractivity contribution is 6.21. The topological polar surface area (TPSA) is 48.5 Å². The Morgan fingerprint density at radius 3 is 1.57 bits per heavy atom. The molecule has 0 aliphatic rings. The SMILES string of the molecule is c1ccc(-c2nc(-c3cccc(-c4cccc(-n5c6ccccc6c6c7ccccc7ccc65)c4)c3)nc(-c3ccc4c5ccccc5n(-c5ccccc5)c4c3)n2)cc1. The molecule has 12 rings (SSSR count). The van der Waals surface area contributed by atoms with E-state index in [0.29, 0.717) is 17.5 Å². The van der Waals surface area contributed by atoms with Gasteiger partial charge in [0.25, 0.3) is 0 Å². The number of nitrogens with zero attached hydrogens (tertiary/aromatic N) is 5. The van der Waals surface area contributed by atoms with Crippen LogP contribution < -0.4 is 0 Å². The summed E-state index contributed by atoms with van der Waals surface area (Å²) in [7, 11) is 0. The first-order chi connectivity index (χ1) is 29.7. The highest BCUT2D eigenvalue weighted by Crippen LogP contribution is 2.39. The molecule has 0 saturated heterocycles. The summed E-state index contributed by atoms with van der Waals surface area (Å²) in [6, 6.07) is 75.1. The maximum Gasteiger partial charge on any atom is 0.164 e. The zero-order chi connectivity index (χ0) is 39.6. The van der Waals surface area contributed by atoms with Gasteiger partial charge in [-0.2, -0.15) is 0 Å². The van der Waals surface area contributed by atoms with Crippen molar-refractivity contribution in [3.05, 3.63) is 212 Å². The first-order valence-electron chi connectivity index (χ1n) is 20.3. The third-order valence-electron chi connectivity index (χ3n) is 11.7. The number of aromatic nitrogens is 5. The lowest BCUT2D eigenvalue weighted by Gasteiger charge is -2.12. The van der Waals surface area contributed by atoms with Gasteiger partial charge in [0.15, 0.2) is 17.5 Å². The molecule has 0 aliphatic heterocycles. The Kier molecular flexibility index (Phi) is 7.78. The molecule has 3 aromatic heterocycles. The average Bonchev–Trinajstić information content (AvgIpc) is 3.85. The predicted octanol–water partition coefficient (Wildman–Crippen LogP) is 13.9. The number of hydrogen-bond donors (Lipinski definition) is 0. The van der Waals surface area contributed by atoms with Gasteiger partial charge in [0.2, 0.25) is 0 Å². The molecule has 0 saturated carbocycles. The van der Waals surface area contributed by atoms with Gasteiger partial charge in [-0.3, -0.25) is 0 Å². The van der Waals surface area contributed by atoms with Gasteiger partial charge in [-0.05, 0) is 76.5 Å². The van der Waals surface area contributed by atoms with Gasteiger partial charge in [-0.25, -0.2) is 15.0 Å². The third-order valence-corrected chi connectivity index (χ3v) is 11.7. The molecular weight excluding hydrogens is 731 g/mol. The van der Waals surface area contributed by atoms with Gasteiger partial charge in [-0.1, -0.05) is 158 Å². The highest BCUT2D eigenvalue weighted by atomic mass is 15.0. The van der Waals surface area contributed by atoms with Crippen LogP contribution in [0.25, 0.3) is 111 Å². The minimum absolute atomic E-state index is 0.620. The molecule has 9 aromatic carbocycles. The molecule has 60 heavy (non-hydrogen) atoms. The fourth-order valence-electron chi connectivity index (χ4n) is 9.00. The molecule has 0 spiro atoms. The summed E-state index contributed by atoms with van der Waals surface area (Å²) in [4.78, 5) is 15.4. The number of rotatable bonds is 6. The van der Waals surface area contributed by atoms with E-state index in [4.69, 9.17) is 15.0 Å². The minimum Gasteiger partial charge on any atom is -0.309 e. The van der Waals surface area contributed by atoms with E-state index in [1.54, 1.807) is 0 Å². The van der Waals surface area contributed by atoms with E-state index in [1.165, 1.54) is 43.4 Å². The number of benzene rings is 9. The fourth-order valence-corrected chi connectivity index (χ4v) is 9.00. The van der Waals surface area contributed by atoms with Crippen LogP contribution in [0.3, 0.4) is 0 Å². The van der Waals surface area contributed by atoms with Gasteiger partial charge in [0.1, 0.15) is 0 Å². The standard InChI is InChI=1S/C55H35N5/c1-3-16-37(17-4-1)53-56-54(58-55(57-53)41-29-31-46-45-25-9-11-27-48(45)59(51(46)35-41)42-21-5-2-6-22-42)40-20-13-18-38(33-40)39-19-14-23-43(34-39)60-49-28-12-10-26-47(49)52-44-24-8-7-15-36(44)30-32-50(52)60/h1-35H. The molecule has 0 fully saturated rings. The van der Waals surface area contributed by atoms with Crippen molar-refractivity contribution in [3.8, 4) is 56.7 Å². The molecule has 280 valence electrons. The molecule has 0 amide bonds. The quantitative estimate of drug-likeness (QED) is 0.169. The Balaban J connectivity index is 0.998. The second-order valence-electron chi connectivity index (χ2n) is 15.3. The van der Waals surface area contributed by atoms with Crippen molar-refractivity contribution < 1.29 is 0 Å². The largest absolute Gasteiger partial charge is 0.309 e. The van der Waals surface area contributed by atoms with Crippen molar-refractivity contribution in [3.63, 3.8) is 0 Å². The van der Waals surface area contributed by atoms with Crippen LogP contribution in [0.5, 0.6) is 0 Å². The summed E-state index contributed by atoms with van der Waals surface area (Å²) in [5.41, 5.74) is 11.8. The third kappa shape index (κ3) is 5.52. The lowest BCUT2D eigenvalue weighted by atomic mass is 10.0. The molecule has 0 bridgehead atoms. The second-order valence-corrected chi connectivity index (χ2v) is 15.3. The van der Waals surface area contributed by atoms with Crippen LogP contribution in [-0.4, -0.2) is 24.1 Å². The Morgan fingerprint density at radius 2 is 0.783 bits per heavy atom. The number of hydrogen-bond acceptors (Lipinski definition) is 3. The van der Waals surface area contributed by atoms with Crippen LogP contribution >= 0.6 is 0 Å². The lowest BCUT2D eigenvalue weighted by molar-refractivity contribution is 1.07. The van der Waals surface area contributed by atoms with Crippen molar-refractivity contribution in [2.75, 3.05) is 0 Å². The van der Waals surface area contributed by atoms with Crippen LogP contribution in [0, 0.1) is 0 Å². The summed E-state index contributed by atoms with van der Waals surface area (Å²) < 4.78 is 4.72. The molecule has 5 heteroatoms. The molecule has 3 heterocycles. The van der Waals surface area contributed by atoms with E-state index < -0.39 is 0 Å². The molecule has 5 nitrogen and oxygen atoms in total. The van der Waals surface area contributed by atoms with E-state index in [1.807, 2.05) is 18.2 Å². The molecular formula is C55H35N5. The maximum atomic E-state index is 5.21. The van der Waals surface area contributed by atoms with Gasteiger partial charge in [-0.15, -0.1) is 0 Å². The summed E-state index contributed by atoms with van der Waals surface area (Å²) in [5.74, 6) is 1.87. The van der Waals surface area contributed by atoms with Crippen LogP contribution in [0.15, 0.2) is 212 Å². The van der Waals surface area contributed by atoms with Crippen molar-refractivity contribution in [1.29, 1.82) is 0 Å². The monoisotopic (exact) mass is 765 g/mol. The summed E-state index contributed by atoms with van der Waals surface area (Å²) in [5, 5.41) is 7.41. The smallest absolute Gasteiger partial charge is 0.164 e. The Hall–Kier alpha value is -8.15. The van der Waals surface area contributed by atoms with E-state index >= 15 is 0 Å². The van der Waals surface area contributed by atoms with Crippen LogP contribution in [-0.2, 0) is 0 Å². The number of fused-ring (bicyclic) bond motifs is 8. The van der Waals surface area contributed by atoms with E-state index in [9.17, 15) is 0 Å². The highest BCUT2D eigenvalue weighted by Gasteiger charge is 2.18. The molecule has 12 aromatic rings. The van der Waals surface area contributed by atoms with Gasteiger partial charge in [0, 0.05) is 49.6 Å². The first kappa shape index (κ1) is 33.9. The van der Waals surface area contributed by atoms with Crippen molar-refractivity contribution in [2.24, 2.45) is 0 Å². The predicted molar refractivity (Wildman–Crippen MR) is 248 cm³/mol. The summed E-state index contributed by atoms with van der Waals surface area (Å²) in [6.07, 6.45) is 0. The van der Waals surface area contributed by atoms with Gasteiger partial charge < -0.3 is 9.13 Å². The van der Waals surface area contributed by atoms with Gasteiger partial charge >= 0.3 is 0 Å². The first-order valence-corrected chi connectivity index (χ1v) is 20.3. The lowest BCUT2D eigenvalue weighted by Crippen LogP contribution is -2.00. The van der Waals surface area contributed by atoms with Crippen molar-refractivity contribution in [1.82, 2.24) is 24.1 Å². The normalized spacial score (nSPS) is 11.7. The molecule has 0 atom stereocenters. The van der Waals surface area contributed by atoms with Crippen LogP contribution in [0.4, 0.5) is 0 Å². The van der Waals surface area contributed by atoms with E-state index in [2.05, 4.69) is 203 Å². The zero-order valence-electron chi connectivity index (χ0n) is 32.4. The Morgan fingerprint density at radius 1 is 0.267 bits per heavy atom. The summed E-state index contributed by atoms with van der Waals surface area (Å²) in [6.45, 7) is 0. The van der Waals surface area contributed by atoms with E-state index in [-0.39, 0.29) is 0 Å². The van der Waals surface area contributed by atoms with Crippen LogP contribution in [0.2, 0.25) is 0 Å². The molecule has 0 unspecified atom stereocenters. The summed E-state index contributed by atoms with van der Waals surface area (Å²) >= 11 is 0. The van der Waals surface area contributed by atoms with E-state index in [0.717, 1.165) is 50.2 Å². The van der Waals surface area contributed by atoms with Crippen molar-refractivity contribution in [2.45, 2.75) is 0 Å². The molecule has 0 aliphatic carbocycles. The average molecular weight is 766 g/mol. The van der Waals surface area contributed by atoms with Gasteiger partial charge in [0.05, 0.1) is 22.1 Å². The maximum absolute atomic E-state index is 5.21. The molecule has 0 N–H and O–H groups in total.